The number of rotatable bonds is 2. The molecule has 5 rings (SSSR count). The molecule has 0 N–H and O–H groups in total. The topological polar surface area (TPSA) is 13.7 Å². The van der Waals surface area contributed by atoms with Gasteiger partial charge < -0.3 is 4.57 Å². The smallest absolute Gasteiger partial charge is 0.264 e. The number of benzene rings is 3. The molecule has 3 nitrogen and oxygen atoms in total. The van der Waals surface area contributed by atoms with Crippen molar-refractivity contribution >= 4 is 21.9 Å². The van der Waals surface area contributed by atoms with E-state index in [1.807, 2.05) is 0 Å². The van der Waals surface area contributed by atoms with Gasteiger partial charge in [0.1, 0.15) is 5.69 Å². The molecular formula is C24H22N3+. The van der Waals surface area contributed by atoms with Crippen molar-refractivity contribution in [2.24, 2.45) is 7.05 Å². The zero-order valence-electron chi connectivity index (χ0n) is 15.8. The zero-order valence-corrected chi connectivity index (χ0v) is 15.8. The zero-order chi connectivity index (χ0) is 18.5. The maximum atomic E-state index is 2.39. The summed E-state index contributed by atoms with van der Waals surface area (Å²) in [5.74, 6) is 1.19. The van der Waals surface area contributed by atoms with Crippen LogP contribution in [0.25, 0.3) is 33.3 Å². The van der Waals surface area contributed by atoms with E-state index in [2.05, 4.69) is 114 Å². The number of hydrogen-bond donors (Lipinski definition) is 0. The van der Waals surface area contributed by atoms with Gasteiger partial charge in [0.05, 0.1) is 11.7 Å². The fourth-order valence-electron chi connectivity index (χ4n) is 4.26. The number of aromatic nitrogens is 3. The Labute approximate surface area is 158 Å². The number of fused-ring (bicyclic) bond motifs is 2. The van der Waals surface area contributed by atoms with Gasteiger partial charge in [-0.1, -0.05) is 42.5 Å². The Hall–Kier alpha value is -3.33. The third-order valence-corrected chi connectivity index (χ3v) is 5.47. The van der Waals surface area contributed by atoms with Gasteiger partial charge in [0.15, 0.2) is 16.7 Å². The molecule has 0 spiro atoms. The van der Waals surface area contributed by atoms with Crippen molar-refractivity contribution < 1.29 is 4.57 Å². The van der Waals surface area contributed by atoms with Crippen LogP contribution in [0.2, 0.25) is 0 Å². The number of aryl methyl sites for hydroxylation is 2. The van der Waals surface area contributed by atoms with E-state index >= 15 is 0 Å². The monoisotopic (exact) mass is 352 g/mol. The summed E-state index contributed by atoms with van der Waals surface area (Å²) in [5, 5.41) is 1.31. The summed E-state index contributed by atoms with van der Waals surface area (Å²) in [7, 11) is 2.12. The molecule has 3 heteroatoms. The predicted molar refractivity (Wildman–Crippen MR) is 111 cm³/mol. The van der Waals surface area contributed by atoms with Crippen LogP contribution < -0.4 is 4.57 Å². The SMILES string of the molecule is Cc1cccc2c1c(-[n+]1c(C)n(-c3ccccc3)c3ccccc31)cn2C. The van der Waals surface area contributed by atoms with E-state index in [0.717, 1.165) is 0 Å². The number of hydrogen-bond acceptors (Lipinski definition) is 0. The molecule has 0 aliphatic heterocycles. The van der Waals surface area contributed by atoms with Crippen LogP contribution in [0.15, 0.2) is 79.0 Å². The van der Waals surface area contributed by atoms with Crippen LogP contribution in [0.4, 0.5) is 0 Å². The largest absolute Gasteiger partial charge is 0.346 e. The molecule has 0 radical (unpaired) electrons. The van der Waals surface area contributed by atoms with Crippen molar-refractivity contribution in [1.82, 2.24) is 9.13 Å². The van der Waals surface area contributed by atoms with E-state index in [0.29, 0.717) is 0 Å². The highest BCUT2D eigenvalue weighted by Gasteiger charge is 2.26. The molecule has 3 aromatic carbocycles. The van der Waals surface area contributed by atoms with Crippen LogP contribution in [0, 0.1) is 13.8 Å². The van der Waals surface area contributed by atoms with Gasteiger partial charge >= 0.3 is 0 Å². The lowest BCUT2D eigenvalue weighted by atomic mass is 10.1. The van der Waals surface area contributed by atoms with Crippen LogP contribution in [-0.4, -0.2) is 9.13 Å². The molecule has 2 heterocycles. The second-order valence-electron chi connectivity index (χ2n) is 7.14. The van der Waals surface area contributed by atoms with Crippen molar-refractivity contribution in [3.63, 3.8) is 0 Å². The van der Waals surface area contributed by atoms with Gasteiger partial charge in [-0.3, -0.25) is 0 Å². The Morgan fingerprint density at radius 3 is 2.26 bits per heavy atom. The molecule has 0 amide bonds. The molecule has 0 saturated heterocycles. The molecule has 0 saturated carbocycles. The average Bonchev–Trinajstić information content (AvgIpc) is 3.17. The molecule has 0 unspecified atom stereocenters. The number of para-hydroxylation sites is 3. The fraction of sp³-hybridized carbons (Fsp3) is 0.125. The van der Waals surface area contributed by atoms with Crippen molar-refractivity contribution in [3.8, 4) is 11.4 Å². The second kappa shape index (κ2) is 5.85. The van der Waals surface area contributed by atoms with Crippen molar-refractivity contribution in [3.05, 3.63) is 90.4 Å². The number of imidazole rings is 1. The summed E-state index contributed by atoms with van der Waals surface area (Å²) < 4.78 is 6.95. The van der Waals surface area contributed by atoms with Gasteiger partial charge in [-0.05, 0) is 42.8 Å². The molecule has 2 aromatic heterocycles. The summed E-state index contributed by atoms with van der Waals surface area (Å²) in [4.78, 5) is 0. The molecule has 5 aromatic rings. The van der Waals surface area contributed by atoms with Gasteiger partial charge in [0.25, 0.3) is 5.82 Å². The standard InChI is InChI=1S/C24H22N3/c1-17-10-9-15-22-24(17)23(16-25(22)3)27-18(2)26(19-11-5-4-6-12-19)20-13-7-8-14-21(20)27/h4-16H,1-3H3/q+1. The van der Waals surface area contributed by atoms with Gasteiger partial charge in [-0.15, -0.1) is 0 Å². The maximum absolute atomic E-state index is 2.39. The van der Waals surface area contributed by atoms with Crippen molar-refractivity contribution in [1.29, 1.82) is 0 Å². The van der Waals surface area contributed by atoms with Crippen LogP contribution in [0.1, 0.15) is 11.4 Å². The van der Waals surface area contributed by atoms with Crippen LogP contribution >= 0.6 is 0 Å². The lowest BCUT2D eigenvalue weighted by molar-refractivity contribution is -0.573. The fourth-order valence-corrected chi connectivity index (χ4v) is 4.26. The third kappa shape index (κ3) is 2.25. The highest BCUT2D eigenvalue weighted by atomic mass is 15.2. The highest BCUT2D eigenvalue weighted by molar-refractivity contribution is 5.91. The molecule has 27 heavy (non-hydrogen) atoms. The first-order chi connectivity index (χ1) is 13.2. The Kier molecular flexibility index (Phi) is 3.44. The summed E-state index contributed by atoms with van der Waals surface area (Å²) >= 11 is 0. The van der Waals surface area contributed by atoms with Crippen molar-refractivity contribution in [2.75, 3.05) is 0 Å². The van der Waals surface area contributed by atoms with Crippen molar-refractivity contribution in [2.45, 2.75) is 13.8 Å². The highest BCUT2D eigenvalue weighted by Crippen LogP contribution is 2.28. The van der Waals surface area contributed by atoms with Gasteiger partial charge in [-0.25, -0.2) is 0 Å². The third-order valence-electron chi connectivity index (χ3n) is 5.47. The van der Waals surface area contributed by atoms with E-state index in [9.17, 15) is 0 Å². The average molecular weight is 352 g/mol. The molecular weight excluding hydrogens is 330 g/mol. The van der Waals surface area contributed by atoms with Gasteiger partial charge in [0.2, 0.25) is 0 Å². The molecule has 0 bridgehead atoms. The van der Waals surface area contributed by atoms with E-state index in [1.165, 1.54) is 44.7 Å². The summed E-state index contributed by atoms with van der Waals surface area (Å²) in [6.45, 7) is 4.39. The van der Waals surface area contributed by atoms with E-state index in [4.69, 9.17) is 0 Å². The van der Waals surface area contributed by atoms with E-state index in [1.54, 1.807) is 0 Å². The minimum Gasteiger partial charge on any atom is -0.346 e. The second-order valence-corrected chi connectivity index (χ2v) is 7.14. The lowest BCUT2D eigenvalue weighted by Gasteiger charge is -2.02. The van der Waals surface area contributed by atoms with Gasteiger partial charge in [0, 0.05) is 19.4 Å². The molecule has 0 atom stereocenters. The summed E-state index contributed by atoms with van der Waals surface area (Å²) in [5.41, 5.74) is 7.40. The Bertz CT molecular complexity index is 1290. The normalized spacial score (nSPS) is 11.5. The predicted octanol–water partition coefficient (Wildman–Crippen LogP) is 5.02. The van der Waals surface area contributed by atoms with Crippen LogP contribution in [-0.2, 0) is 7.05 Å². The first-order valence-corrected chi connectivity index (χ1v) is 9.29. The summed E-state index contributed by atoms with van der Waals surface area (Å²) in [6, 6.07) is 25.7. The number of nitrogens with zero attached hydrogens (tertiary/aromatic N) is 3. The maximum Gasteiger partial charge on any atom is 0.264 e. The Balaban J connectivity index is 1.93. The minimum absolute atomic E-state index is 1.18. The minimum atomic E-state index is 1.18. The quantitative estimate of drug-likeness (QED) is 0.396. The summed E-state index contributed by atoms with van der Waals surface area (Å²) in [6.07, 6.45) is 2.24. The molecule has 0 aliphatic carbocycles. The van der Waals surface area contributed by atoms with Crippen LogP contribution in [0.3, 0.4) is 0 Å². The molecule has 132 valence electrons. The van der Waals surface area contributed by atoms with Gasteiger partial charge in [-0.2, -0.15) is 9.13 Å². The Morgan fingerprint density at radius 1 is 0.741 bits per heavy atom. The van der Waals surface area contributed by atoms with Crippen LogP contribution in [0.5, 0.6) is 0 Å². The lowest BCUT2D eigenvalue weighted by Crippen LogP contribution is -2.33. The first kappa shape index (κ1) is 15.9. The molecule has 0 aliphatic rings. The Morgan fingerprint density at radius 2 is 1.44 bits per heavy atom. The van der Waals surface area contributed by atoms with E-state index < -0.39 is 0 Å². The first-order valence-electron chi connectivity index (χ1n) is 9.29. The van der Waals surface area contributed by atoms with E-state index in [-0.39, 0.29) is 0 Å². The molecule has 0 fully saturated rings.